The van der Waals surface area contributed by atoms with Gasteiger partial charge in [-0.05, 0) is 91.2 Å². The zero-order valence-electron chi connectivity index (χ0n) is 26.9. The Bertz CT molecular complexity index is 1440. The Morgan fingerprint density at radius 1 is 1.00 bits per heavy atom. The average Bonchev–Trinajstić information content (AvgIpc) is 2.99. The number of carbonyl (C=O) groups excluding carboxylic acids is 2. The number of amides is 2. The molecule has 2 saturated carbocycles. The summed E-state index contributed by atoms with van der Waals surface area (Å²) in [6.45, 7) is 7.58. The molecular formula is C35H48FN3O5S. The fraction of sp³-hybridized carbons (Fsp3) is 0.600. The molecule has 246 valence electrons. The van der Waals surface area contributed by atoms with Crippen LogP contribution in [0.25, 0.3) is 0 Å². The first-order valence-electron chi connectivity index (χ1n) is 16.4. The average molecular weight is 642 g/mol. The number of ether oxygens (including phenoxy) is 1. The van der Waals surface area contributed by atoms with Crippen molar-refractivity contribution in [3.8, 4) is 5.75 Å². The molecule has 1 aliphatic heterocycles. The minimum Gasteiger partial charge on any atom is -0.489 e. The summed E-state index contributed by atoms with van der Waals surface area (Å²) in [5.41, 5.74) is 1.53. The SMILES string of the molecule is CCC1CC2CC(C1)CC(C)(CC(=O)NCC(=O)N1CCN(Cc3cc(F)ccc3OCc3ccc(S(C)(=O)=O)cc3)CC1)C2. The molecule has 45 heavy (non-hydrogen) atoms. The van der Waals surface area contributed by atoms with Gasteiger partial charge in [-0.15, -0.1) is 0 Å². The van der Waals surface area contributed by atoms with Crippen molar-refractivity contribution in [3.63, 3.8) is 0 Å². The predicted octanol–water partition coefficient (Wildman–Crippen LogP) is 5.20. The van der Waals surface area contributed by atoms with E-state index in [1.807, 2.05) is 0 Å². The second-order valence-corrected chi connectivity index (χ2v) is 16.0. The second-order valence-electron chi connectivity index (χ2n) is 14.0. The number of nitrogens with zero attached hydrogens (tertiary/aromatic N) is 2. The van der Waals surface area contributed by atoms with Crippen LogP contribution in [0.1, 0.15) is 69.9 Å². The third kappa shape index (κ3) is 9.06. The molecule has 2 amide bonds. The Morgan fingerprint density at radius 2 is 1.67 bits per heavy atom. The van der Waals surface area contributed by atoms with Gasteiger partial charge in [-0.2, -0.15) is 0 Å². The highest BCUT2D eigenvalue weighted by Gasteiger charge is 2.42. The molecule has 2 unspecified atom stereocenters. The number of fused-ring (bicyclic) bond motifs is 2. The predicted molar refractivity (Wildman–Crippen MR) is 172 cm³/mol. The van der Waals surface area contributed by atoms with Crippen LogP contribution in [-0.2, 0) is 32.6 Å². The molecule has 2 atom stereocenters. The standard InChI is InChI=1S/C35H48FN3O5S/c1-4-25-15-27-17-28(16-25)20-35(2,19-27)21-33(40)37-22-34(41)39-13-11-38(12-14-39)23-29-18-30(36)7-10-32(29)44-24-26-5-8-31(9-6-26)45(3,42)43/h5-10,18,25,27-28H,4,11-17,19-24H2,1-3H3,(H,37,40). The summed E-state index contributed by atoms with van der Waals surface area (Å²) in [4.78, 5) is 30.0. The zero-order valence-corrected chi connectivity index (χ0v) is 27.7. The van der Waals surface area contributed by atoms with Gasteiger partial charge >= 0.3 is 0 Å². The van der Waals surface area contributed by atoms with Crippen molar-refractivity contribution in [1.82, 2.24) is 15.1 Å². The van der Waals surface area contributed by atoms with E-state index in [0.29, 0.717) is 50.5 Å². The molecule has 0 aromatic heterocycles. The molecule has 1 saturated heterocycles. The molecule has 1 N–H and O–H groups in total. The minimum atomic E-state index is -3.28. The van der Waals surface area contributed by atoms with Crippen LogP contribution in [0.2, 0.25) is 0 Å². The van der Waals surface area contributed by atoms with Crippen LogP contribution in [0.15, 0.2) is 47.4 Å². The van der Waals surface area contributed by atoms with Crippen LogP contribution in [0.4, 0.5) is 4.39 Å². The highest BCUT2D eigenvalue weighted by molar-refractivity contribution is 7.90. The van der Waals surface area contributed by atoms with Crippen molar-refractivity contribution >= 4 is 21.7 Å². The Morgan fingerprint density at radius 3 is 2.29 bits per heavy atom. The van der Waals surface area contributed by atoms with E-state index in [2.05, 4.69) is 24.1 Å². The number of carbonyl (C=O) groups is 2. The lowest BCUT2D eigenvalue weighted by molar-refractivity contribution is -0.135. The summed E-state index contributed by atoms with van der Waals surface area (Å²) < 4.78 is 43.6. The smallest absolute Gasteiger partial charge is 0.242 e. The van der Waals surface area contributed by atoms with E-state index in [1.54, 1.807) is 35.2 Å². The first kappa shape index (κ1) is 33.4. The number of piperazine rings is 1. The summed E-state index contributed by atoms with van der Waals surface area (Å²) in [7, 11) is -3.28. The van der Waals surface area contributed by atoms with E-state index < -0.39 is 9.84 Å². The van der Waals surface area contributed by atoms with Gasteiger partial charge < -0.3 is 15.0 Å². The van der Waals surface area contributed by atoms with Crippen LogP contribution < -0.4 is 10.1 Å². The highest BCUT2D eigenvalue weighted by atomic mass is 32.2. The van der Waals surface area contributed by atoms with Crippen molar-refractivity contribution in [1.29, 1.82) is 0 Å². The molecule has 10 heteroatoms. The third-order valence-electron chi connectivity index (χ3n) is 10.1. The first-order chi connectivity index (χ1) is 21.4. The molecule has 2 bridgehead atoms. The monoisotopic (exact) mass is 641 g/mol. The Balaban J connectivity index is 1.06. The van der Waals surface area contributed by atoms with E-state index in [-0.39, 0.29) is 41.1 Å². The summed E-state index contributed by atoms with van der Waals surface area (Å²) in [5.74, 6) is 2.41. The lowest BCUT2D eigenvalue weighted by Crippen LogP contribution is -2.51. The minimum absolute atomic E-state index is 0.0206. The van der Waals surface area contributed by atoms with Crippen molar-refractivity contribution in [2.75, 3.05) is 39.0 Å². The molecule has 3 fully saturated rings. The number of rotatable bonds is 11. The first-order valence-corrected chi connectivity index (χ1v) is 18.3. The summed E-state index contributed by atoms with van der Waals surface area (Å²) >= 11 is 0. The fourth-order valence-electron chi connectivity index (χ4n) is 7.93. The van der Waals surface area contributed by atoms with Gasteiger partial charge in [0.05, 0.1) is 11.4 Å². The van der Waals surface area contributed by atoms with Gasteiger partial charge in [0, 0.05) is 51.0 Å². The molecule has 2 aliphatic carbocycles. The Labute approximate surface area is 267 Å². The highest BCUT2D eigenvalue weighted by Crippen LogP contribution is 2.52. The van der Waals surface area contributed by atoms with Gasteiger partial charge in [-0.25, -0.2) is 12.8 Å². The van der Waals surface area contributed by atoms with Crippen molar-refractivity contribution in [2.45, 2.75) is 76.8 Å². The quantitative estimate of drug-likeness (QED) is 0.363. The summed E-state index contributed by atoms with van der Waals surface area (Å²) in [6.07, 6.45) is 9.04. The Kier molecular flexibility index (Phi) is 10.5. The van der Waals surface area contributed by atoms with Crippen LogP contribution >= 0.6 is 0 Å². The van der Waals surface area contributed by atoms with Crippen LogP contribution in [-0.4, -0.2) is 69.0 Å². The van der Waals surface area contributed by atoms with Crippen LogP contribution in [0.5, 0.6) is 5.75 Å². The molecule has 8 nitrogen and oxygen atoms in total. The number of benzene rings is 2. The Hall–Kier alpha value is -2.98. The lowest BCUT2D eigenvalue weighted by atomic mass is 9.58. The van der Waals surface area contributed by atoms with Gasteiger partial charge in [0.25, 0.3) is 0 Å². The van der Waals surface area contributed by atoms with Gasteiger partial charge in [0.2, 0.25) is 11.8 Å². The number of hydrogen-bond acceptors (Lipinski definition) is 6. The maximum Gasteiger partial charge on any atom is 0.242 e. The number of sulfone groups is 1. The van der Waals surface area contributed by atoms with Gasteiger partial charge in [-0.3, -0.25) is 14.5 Å². The molecule has 0 spiro atoms. The number of hydrogen-bond donors (Lipinski definition) is 1. The summed E-state index contributed by atoms with van der Waals surface area (Å²) in [6, 6.07) is 11.0. The molecule has 2 aromatic rings. The number of halogens is 1. The van der Waals surface area contributed by atoms with E-state index in [9.17, 15) is 22.4 Å². The fourth-order valence-corrected chi connectivity index (χ4v) is 8.56. The van der Waals surface area contributed by atoms with Gasteiger partial charge in [0.15, 0.2) is 9.84 Å². The van der Waals surface area contributed by atoms with E-state index >= 15 is 0 Å². The van der Waals surface area contributed by atoms with Crippen molar-refractivity contribution in [3.05, 3.63) is 59.4 Å². The zero-order chi connectivity index (χ0) is 32.2. The largest absolute Gasteiger partial charge is 0.489 e. The molecular weight excluding hydrogens is 593 g/mol. The van der Waals surface area contributed by atoms with Crippen LogP contribution in [0.3, 0.4) is 0 Å². The third-order valence-corrected chi connectivity index (χ3v) is 11.2. The van der Waals surface area contributed by atoms with E-state index in [1.165, 1.54) is 44.1 Å². The topological polar surface area (TPSA) is 96.0 Å². The van der Waals surface area contributed by atoms with Gasteiger partial charge in [-0.1, -0.05) is 32.4 Å². The van der Waals surface area contributed by atoms with Crippen molar-refractivity contribution < 1.29 is 27.1 Å². The molecule has 5 rings (SSSR count). The number of nitrogens with one attached hydrogen (secondary N) is 1. The molecule has 2 aromatic carbocycles. The van der Waals surface area contributed by atoms with E-state index in [4.69, 9.17) is 4.74 Å². The van der Waals surface area contributed by atoms with E-state index in [0.717, 1.165) is 36.2 Å². The van der Waals surface area contributed by atoms with Gasteiger partial charge in [0.1, 0.15) is 18.2 Å². The van der Waals surface area contributed by atoms with Crippen LogP contribution in [0, 0.1) is 29.0 Å². The molecule has 1 heterocycles. The maximum absolute atomic E-state index is 14.2. The maximum atomic E-state index is 14.2. The van der Waals surface area contributed by atoms with Crippen molar-refractivity contribution in [2.24, 2.45) is 23.2 Å². The second kappa shape index (κ2) is 14.2. The summed E-state index contributed by atoms with van der Waals surface area (Å²) in [5, 5.41) is 2.91. The normalized spacial score (nSPS) is 25.5. The molecule has 3 aliphatic rings. The lowest BCUT2D eigenvalue weighted by Gasteiger charge is -2.47. The molecule has 0 radical (unpaired) electrons.